The maximum absolute atomic E-state index is 4.86. The first-order valence-corrected chi connectivity index (χ1v) is 10.9. The van der Waals surface area contributed by atoms with Crippen molar-refractivity contribution in [3.05, 3.63) is 17.0 Å². The lowest BCUT2D eigenvalue weighted by molar-refractivity contribution is 0.147. The van der Waals surface area contributed by atoms with Gasteiger partial charge < -0.3 is 10.6 Å². The van der Waals surface area contributed by atoms with Crippen molar-refractivity contribution in [3.63, 3.8) is 0 Å². The molecular weight excluding hydrogens is 336 g/mol. The number of rotatable bonds is 9. The summed E-state index contributed by atoms with van der Waals surface area (Å²) in [6.45, 7) is 13.6. The molecule has 1 fully saturated rings. The molecule has 6 nitrogen and oxygen atoms in total. The normalized spacial score (nSPS) is 18.7. The van der Waals surface area contributed by atoms with Crippen molar-refractivity contribution in [1.82, 2.24) is 25.3 Å². The maximum atomic E-state index is 4.86. The molecule has 0 saturated carbocycles. The average molecular weight is 377 g/mol. The minimum Gasteiger partial charge on any atom is -0.357 e. The molecular formula is C21H40N6. The Hall–Kier alpha value is -1.56. The molecule has 1 aliphatic rings. The van der Waals surface area contributed by atoms with Crippen LogP contribution in [0.4, 0.5) is 0 Å². The van der Waals surface area contributed by atoms with Crippen LogP contribution in [0.15, 0.2) is 4.99 Å². The molecule has 2 rings (SSSR count). The van der Waals surface area contributed by atoms with E-state index in [0.29, 0.717) is 6.54 Å². The predicted octanol–water partition coefficient (Wildman–Crippen LogP) is 2.86. The molecule has 27 heavy (non-hydrogen) atoms. The van der Waals surface area contributed by atoms with Crippen molar-refractivity contribution in [2.45, 2.75) is 78.8 Å². The molecule has 1 unspecified atom stereocenters. The minimum atomic E-state index is 0.691. The Bertz CT molecular complexity index is 592. The fraction of sp³-hybridized carbons (Fsp3) is 0.810. The van der Waals surface area contributed by atoms with Gasteiger partial charge in [-0.2, -0.15) is 5.10 Å². The van der Waals surface area contributed by atoms with Gasteiger partial charge in [-0.1, -0.05) is 27.2 Å². The number of aromatic nitrogens is 2. The van der Waals surface area contributed by atoms with E-state index in [-0.39, 0.29) is 0 Å². The number of aliphatic imine (C=N–C) groups is 1. The molecule has 0 spiro atoms. The molecule has 1 aromatic rings. The zero-order valence-corrected chi connectivity index (χ0v) is 18.1. The largest absolute Gasteiger partial charge is 0.357 e. The highest BCUT2D eigenvalue weighted by atomic mass is 15.3. The highest BCUT2D eigenvalue weighted by Crippen LogP contribution is 2.19. The van der Waals surface area contributed by atoms with Crippen LogP contribution in [-0.2, 0) is 26.4 Å². The molecule has 0 bridgehead atoms. The minimum absolute atomic E-state index is 0.691. The maximum Gasteiger partial charge on any atom is 0.191 e. The van der Waals surface area contributed by atoms with Gasteiger partial charge in [-0.25, -0.2) is 4.99 Å². The summed E-state index contributed by atoms with van der Waals surface area (Å²) in [6, 6.07) is 0.759. The molecule has 6 heteroatoms. The summed E-state index contributed by atoms with van der Waals surface area (Å²) in [6.07, 6.45) is 7.28. The number of hydrogen-bond donors (Lipinski definition) is 2. The van der Waals surface area contributed by atoms with E-state index < -0.39 is 0 Å². The summed E-state index contributed by atoms with van der Waals surface area (Å²) in [7, 11) is 2.04. The van der Waals surface area contributed by atoms with E-state index in [1.54, 1.807) is 0 Å². The Balaban J connectivity index is 1.96. The standard InChI is InChI=1S/C21H40N6/c1-6-17-12-10-11-14-27(17)15-13-23-21(22-9-4)24-16-18-19(7-2)25-26(5)20(18)8-3/h17H,6-16H2,1-5H3,(H2,22,23,24). The van der Waals surface area contributed by atoms with Crippen LogP contribution in [0.3, 0.4) is 0 Å². The van der Waals surface area contributed by atoms with Crippen LogP contribution in [0, 0.1) is 0 Å². The smallest absolute Gasteiger partial charge is 0.191 e. The molecule has 154 valence electrons. The molecule has 2 heterocycles. The van der Waals surface area contributed by atoms with E-state index in [1.165, 1.54) is 49.2 Å². The molecule has 0 aliphatic carbocycles. The Morgan fingerprint density at radius 2 is 1.96 bits per heavy atom. The lowest BCUT2D eigenvalue weighted by Gasteiger charge is -2.35. The third kappa shape index (κ3) is 5.96. The van der Waals surface area contributed by atoms with Crippen LogP contribution < -0.4 is 10.6 Å². The van der Waals surface area contributed by atoms with Crippen molar-refractivity contribution in [2.75, 3.05) is 26.2 Å². The van der Waals surface area contributed by atoms with E-state index in [1.807, 2.05) is 11.7 Å². The molecule has 0 aromatic carbocycles. The van der Waals surface area contributed by atoms with Crippen molar-refractivity contribution in [2.24, 2.45) is 12.0 Å². The van der Waals surface area contributed by atoms with Gasteiger partial charge in [-0.05, 0) is 45.6 Å². The van der Waals surface area contributed by atoms with Crippen LogP contribution >= 0.6 is 0 Å². The van der Waals surface area contributed by atoms with Crippen LogP contribution in [0.25, 0.3) is 0 Å². The number of aryl methyl sites for hydroxylation is 2. The first-order valence-electron chi connectivity index (χ1n) is 10.9. The summed E-state index contributed by atoms with van der Waals surface area (Å²) in [5.41, 5.74) is 3.76. The monoisotopic (exact) mass is 376 g/mol. The molecule has 1 atom stereocenters. The molecule has 1 aliphatic heterocycles. The topological polar surface area (TPSA) is 57.5 Å². The van der Waals surface area contributed by atoms with Crippen LogP contribution in [0.2, 0.25) is 0 Å². The first kappa shape index (κ1) is 21.7. The number of nitrogens with zero attached hydrogens (tertiary/aromatic N) is 4. The Kier molecular flexibility index (Phi) is 9.11. The van der Waals surface area contributed by atoms with Crippen molar-refractivity contribution < 1.29 is 0 Å². The van der Waals surface area contributed by atoms with Gasteiger partial charge >= 0.3 is 0 Å². The lowest BCUT2D eigenvalue weighted by atomic mass is 10.0. The first-order chi connectivity index (χ1) is 13.1. The van der Waals surface area contributed by atoms with Gasteiger partial charge in [-0.15, -0.1) is 0 Å². The highest BCUT2D eigenvalue weighted by molar-refractivity contribution is 5.79. The summed E-state index contributed by atoms with van der Waals surface area (Å²) in [5.74, 6) is 0.913. The second-order valence-corrected chi connectivity index (χ2v) is 7.42. The third-order valence-electron chi connectivity index (χ3n) is 5.68. The summed E-state index contributed by atoms with van der Waals surface area (Å²) < 4.78 is 2.02. The van der Waals surface area contributed by atoms with Gasteiger partial charge in [0, 0.05) is 44.0 Å². The van der Waals surface area contributed by atoms with Gasteiger partial charge in [0.25, 0.3) is 0 Å². The quantitative estimate of drug-likeness (QED) is 0.514. The molecule has 1 saturated heterocycles. The van der Waals surface area contributed by atoms with Gasteiger partial charge in [-0.3, -0.25) is 9.58 Å². The number of likely N-dealkylation sites (tertiary alicyclic amines) is 1. The fourth-order valence-electron chi connectivity index (χ4n) is 4.21. The van der Waals surface area contributed by atoms with E-state index >= 15 is 0 Å². The second kappa shape index (κ2) is 11.3. The Morgan fingerprint density at radius 3 is 2.63 bits per heavy atom. The third-order valence-corrected chi connectivity index (χ3v) is 5.68. The molecule has 0 amide bonds. The molecule has 0 radical (unpaired) electrons. The van der Waals surface area contributed by atoms with E-state index in [2.05, 4.69) is 48.3 Å². The number of hydrogen-bond acceptors (Lipinski definition) is 3. The lowest BCUT2D eigenvalue weighted by Crippen LogP contribution is -2.45. The fourth-order valence-corrected chi connectivity index (χ4v) is 4.21. The zero-order valence-electron chi connectivity index (χ0n) is 18.1. The van der Waals surface area contributed by atoms with E-state index in [9.17, 15) is 0 Å². The van der Waals surface area contributed by atoms with Crippen molar-refractivity contribution >= 4 is 5.96 Å². The summed E-state index contributed by atoms with van der Waals surface area (Å²) >= 11 is 0. The van der Waals surface area contributed by atoms with E-state index in [0.717, 1.165) is 44.5 Å². The van der Waals surface area contributed by atoms with Crippen molar-refractivity contribution in [1.29, 1.82) is 0 Å². The number of piperidine rings is 1. The highest BCUT2D eigenvalue weighted by Gasteiger charge is 2.20. The second-order valence-electron chi connectivity index (χ2n) is 7.42. The van der Waals surface area contributed by atoms with E-state index in [4.69, 9.17) is 4.99 Å². The van der Waals surface area contributed by atoms with Gasteiger partial charge in [0.2, 0.25) is 0 Å². The van der Waals surface area contributed by atoms with Gasteiger partial charge in [0.05, 0.1) is 12.2 Å². The van der Waals surface area contributed by atoms with Crippen molar-refractivity contribution in [3.8, 4) is 0 Å². The number of guanidine groups is 1. The zero-order chi connectivity index (χ0) is 19.6. The van der Waals surface area contributed by atoms with Gasteiger partial charge in [0.15, 0.2) is 5.96 Å². The SMILES string of the molecule is CCNC(=NCc1c(CC)nn(C)c1CC)NCCN1CCCCC1CC. The van der Waals surface area contributed by atoms with Crippen LogP contribution in [-0.4, -0.2) is 52.9 Å². The molecule has 2 N–H and O–H groups in total. The predicted molar refractivity (Wildman–Crippen MR) is 114 cm³/mol. The Morgan fingerprint density at radius 1 is 1.15 bits per heavy atom. The Labute approximate surface area is 165 Å². The van der Waals surface area contributed by atoms with Crippen LogP contribution in [0.5, 0.6) is 0 Å². The average Bonchev–Trinajstić information content (AvgIpc) is 3.00. The number of nitrogens with one attached hydrogen (secondary N) is 2. The summed E-state index contributed by atoms with van der Waals surface area (Å²) in [5, 5.41) is 11.6. The van der Waals surface area contributed by atoms with Crippen LogP contribution in [0.1, 0.15) is 70.3 Å². The summed E-state index contributed by atoms with van der Waals surface area (Å²) in [4.78, 5) is 7.50. The van der Waals surface area contributed by atoms with Gasteiger partial charge in [0.1, 0.15) is 0 Å². The molecule has 1 aromatic heterocycles.